The van der Waals surface area contributed by atoms with Crippen LogP contribution in [-0.2, 0) is 22.4 Å². The van der Waals surface area contributed by atoms with Crippen LogP contribution in [-0.4, -0.2) is 24.9 Å². The number of hydrogen-bond acceptors (Lipinski definition) is 3. The highest BCUT2D eigenvalue weighted by Crippen LogP contribution is 2.08. The van der Waals surface area contributed by atoms with Gasteiger partial charge in [0.25, 0.3) is 0 Å². The van der Waals surface area contributed by atoms with E-state index in [0.717, 1.165) is 4.88 Å². The Morgan fingerprint density at radius 1 is 1.05 bits per heavy atom. The molecule has 0 spiro atoms. The van der Waals surface area contributed by atoms with Gasteiger partial charge in [0, 0.05) is 11.4 Å². The molecule has 6 heteroatoms. The molecule has 0 aliphatic rings. The lowest BCUT2D eigenvalue weighted by Crippen LogP contribution is -2.38. The van der Waals surface area contributed by atoms with Crippen molar-refractivity contribution in [2.24, 2.45) is 0 Å². The average molecular weight is 320 g/mol. The predicted octanol–water partition coefficient (Wildman–Crippen LogP) is 1.90. The first-order chi connectivity index (χ1) is 10.6. The summed E-state index contributed by atoms with van der Waals surface area (Å²) in [5.74, 6) is -0.747. The van der Waals surface area contributed by atoms with Crippen molar-refractivity contribution in [3.63, 3.8) is 0 Å². The average Bonchev–Trinajstić information content (AvgIpc) is 3.00. The lowest BCUT2D eigenvalue weighted by molar-refractivity contribution is -0.125. The van der Waals surface area contributed by atoms with Crippen molar-refractivity contribution in [1.29, 1.82) is 0 Å². The van der Waals surface area contributed by atoms with E-state index in [9.17, 15) is 14.0 Å². The maximum atomic E-state index is 13.4. The van der Waals surface area contributed by atoms with Gasteiger partial charge in [-0.2, -0.15) is 0 Å². The summed E-state index contributed by atoms with van der Waals surface area (Å²) in [6, 6.07) is 10.2. The van der Waals surface area contributed by atoms with Crippen molar-refractivity contribution in [3.05, 3.63) is 58.0 Å². The largest absolute Gasteiger partial charge is 0.354 e. The zero-order valence-corrected chi connectivity index (χ0v) is 12.8. The number of hydrogen-bond donors (Lipinski definition) is 2. The molecule has 2 rings (SSSR count). The summed E-state index contributed by atoms with van der Waals surface area (Å²) in [4.78, 5) is 24.2. The molecule has 4 nitrogen and oxygen atoms in total. The third-order valence-electron chi connectivity index (χ3n) is 3.04. The van der Waals surface area contributed by atoms with Crippen LogP contribution in [0, 0.1) is 5.82 Å². The summed E-state index contributed by atoms with van der Waals surface area (Å²) in [6.45, 7) is 0.266. The second-order valence-electron chi connectivity index (χ2n) is 4.72. The number of halogens is 1. The number of amides is 2. The second kappa shape index (κ2) is 8.29. The van der Waals surface area contributed by atoms with Gasteiger partial charge in [0.15, 0.2) is 0 Å². The van der Waals surface area contributed by atoms with Gasteiger partial charge >= 0.3 is 0 Å². The van der Waals surface area contributed by atoms with E-state index in [1.165, 1.54) is 17.4 Å². The summed E-state index contributed by atoms with van der Waals surface area (Å²) < 4.78 is 13.4. The molecule has 0 saturated heterocycles. The Hall–Kier alpha value is -2.21. The molecule has 2 N–H and O–H groups in total. The Morgan fingerprint density at radius 2 is 1.86 bits per heavy atom. The molecule has 0 radical (unpaired) electrons. The number of thiophene rings is 1. The lowest BCUT2D eigenvalue weighted by atomic mass is 10.1. The Kier molecular flexibility index (Phi) is 6.09. The fourth-order valence-corrected chi connectivity index (χ4v) is 2.62. The fraction of sp³-hybridized carbons (Fsp3) is 0.250. The van der Waals surface area contributed by atoms with Gasteiger partial charge in [0.2, 0.25) is 11.8 Å². The summed E-state index contributed by atoms with van der Waals surface area (Å²) in [6.07, 6.45) is 0.696. The van der Waals surface area contributed by atoms with Gasteiger partial charge in [-0.15, -0.1) is 11.3 Å². The van der Waals surface area contributed by atoms with Crippen LogP contribution in [0.15, 0.2) is 41.8 Å². The Labute approximate surface area is 132 Å². The Balaban J connectivity index is 1.64. The van der Waals surface area contributed by atoms with Crippen LogP contribution in [0.3, 0.4) is 0 Å². The normalized spacial score (nSPS) is 10.2. The van der Waals surface area contributed by atoms with Gasteiger partial charge in [-0.05, 0) is 29.5 Å². The summed E-state index contributed by atoms with van der Waals surface area (Å²) in [5.41, 5.74) is 0.560. The minimum atomic E-state index is -0.282. The Morgan fingerprint density at radius 3 is 2.59 bits per heavy atom. The molecule has 1 heterocycles. The van der Waals surface area contributed by atoms with Gasteiger partial charge in [0.1, 0.15) is 5.82 Å². The van der Waals surface area contributed by atoms with E-state index in [1.807, 2.05) is 17.5 Å². The molecule has 0 fully saturated rings. The maximum absolute atomic E-state index is 13.4. The van der Waals surface area contributed by atoms with Crippen molar-refractivity contribution in [2.75, 3.05) is 13.1 Å². The molecule has 1 aromatic carbocycles. The highest BCUT2D eigenvalue weighted by Gasteiger charge is 2.07. The van der Waals surface area contributed by atoms with E-state index in [4.69, 9.17) is 0 Å². The number of nitrogens with one attached hydrogen (secondary N) is 2. The van der Waals surface area contributed by atoms with Crippen molar-refractivity contribution in [2.45, 2.75) is 12.8 Å². The molecule has 0 bridgehead atoms. The molecule has 0 saturated carbocycles. The van der Waals surface area contributed by atoms with Gasteiger partial charge in [-0.25, -0.2) is 4.39 Å². The summed E-state index contributed by atoms with van der Waals surface area (Å²) in [7, 11) is 0. The molecule has 116 valence electrons. The van der Waals surface area contributed by atoms with Crippen molar-refractivity contribution < 1.29 is 14.0 Å². The molecule has 1 aromatic heterocycles. The third-order valence-corrected chi connectivity index (χ3v) is 3.91. The first-order valence-electron chi connectivity index (χ1n) is 6.94. The van der Waals surface area contributed by atoms with Crippen LogP contribution in [0.25, 0.3) is 0 Å². The molecular formula is C16H17FN2O2S. The van der Waals surface area contributed by atoms with Crippen molar-refractivity contribution >= 4 is 23.2 Å². The highest BCUT2D eigenvalue weighted by atomic mass is 32.1. The molecule has 0 aliphatic carbocycles. The maximum Gasteiger partial charge on any atom is 0.239 e. The number of benzene rings is 1. The van der Waals surface area contributed by atoms with Crippen LogP contribution in [0.4, 0.5) is 4.39 Å². The quantitative estimate of drug-likeness (QED) is 0.819. The minimum Gasteiger partial charge on any atom is -0.354 e. The first-order valence-corrected chi connectivity index (χ1v) is 7.82. The van der Waals surface area contributed by atoms with Crippen LogP contribution in [0.2, 0.25) is 0 Å². The van der Waals surface area contributed by atoms with Gasteiger partial charge < -0.3 is 10.6 Å². The monoisotopic (exact) mass is 320 g/mol. The van der Waals surface area contributed by atoms with E-state index >= 15 is 0 Å². The molecule has 0 aliphatic heterocycles. The first kappa shape index (κ1) is 16.2. The summed E-state index contributed by atoms with van der Waals surface area (Å²) in [5, 5.41) is 7.12. The van der Waals surface area contributed by atoms with Gasteiger partial charge in [0.05, 0.1) is 13.0 Å². The predicted molar refractivity (Wildman–Crippen MR) is 84.1 cm³/mol. The topological polar surface area (TPSA) is 58.2 Å². The molecule has 0 atom stereocenters. The fourth-order valence-electron chi connectivity index (χ4n) is 1.91. The number of carbonyl (C=O) groups is 2. The number of rotatable bonds is 7. The van der Waals surface area contributed by atoms with Gasteiger partial charge in [-0.1, -0.05) is 24.3 Å². The standard InChI is InChI=1S/C16H17FN2O2S/c17-14-6-2-1-4-12(14)7-8-18-16(21)11-19-15(20)10-13-5-3-9-22-13/h1-6,9H,7-8,10-11H2,(H,18,21)(H,19,20). The molecule has 22 heavy (non-hydrogen) atoms. The van der Waals surface area contributed by atoms with Gasteiger partial charge in [-0.3, -0.25) is 9.59 Å². The van der Waals surface area contributed by atoms with Crippen molar-refractivity contribution in [1.82, 2.24) is 10.6 Å². The van der Waals surface area contributed by atoms with E-state index < -0.39 is 0 Å². The van der Waals surface area contributed by atoms with E-state index in [2.05, 4.69) is 10.6 Å². The summed E-state index contributed by atoms with van der Waals surface area (Å²) >= 11 is 1.50. The van der Waals surface area contributed by atoms with E-state index in [0.29, 0.717) is 18.5 Å². The lowest BCUT2D eigenvalue weighted by Gasteiger charge is -2.07. The van der Waals surface area contributed by atoms with Crippen LogP contribution < -0.4 is 10.6 Å². The smallest absolute Gasteiger partial charge is 0.239 e. The zero-order chi connectivity index (χ0) is 15.8. The minimum absolute atomic E-state index is 0.0680. The SMILES string of the molecule is O=C(CNC(=O)Cc1cccs1)NCCc1ccccc1F. The van der Waals surface area contributed by atoms with Crippen LogP contribution in [0.1, 0.15) is 10.4 Å². The second-order valence-corrected chi connectivity index (χ2v) is 5.76. The number of carbonyl (C=O) groups excluding carboxylic acids is 2. The molecule has 0 unspecified atom stereocenters. The zero-order valence-electron chi connectivity index (χ0n) is 12.0. The highest BCUT2D eigenvalue weighted by molar-refractivity contribution is 7.10. The van der Waals surface area contributed by atoms with E-state index in [1.54, 1.807) is 18.2 Å². The van der Waals surface area contributed by atoms with Crippen LogP contribution in [0.5, 0.6) is 0 Å². The molecule has 2 aromatic rings. The van der Waals surface area contributed by atoms with Crippen LogP contribution >= 0.6 is 11.3 Å². The van der Waals surface area contributed by atoms with Crippen molar-refractivity contribution in [3.8, 4) is 0 Å². The molecular weight excluding hydrogens is 303 g/mol. The Bertz CT molecular complexity index is 629. The molecule has 2 amide bonds. The third kappa shape index (κ3) is 5.29. The van der Waals surface area contributed by atoms with E-state index in [-0.39, 0.29) is 30.6 Å².